The molecule has 0 saturated carbocycles. The Morgan fingerprint density at radius 2 is 1.79 bits per heavy atom. The second kappa shape index (κ2) is 5.75. The van der Waals surface area contributed by atoms with Crippen molar-refractivity contribution in [2.75, 3.05) is 29.5 Å². The van der Waals surface area contributed by atoms with Gasteiger partial charge in [0, 0.05) is 18.4 Å². The lowest BCUT2D eigenvalue weighted by Gasteiger charge is -2.23. The van der Waals surface area contributed by atoms with Crippen molar-refractivity contribution in [3.05, 3.63) is 29.3 Å². The van der Waals surface area contributed by atoms with Crippen LogP contribution in [0.4, 0.5) is 14.5 Å². The predicted molar refractivity (Wildman–Crippen MR) is 74.5 cm³/mol. The van der Waals surface area contributed by atoms with Crippen LogP contribution >= 0.6 is 15.9 Å². The molecule has 1 saturated heterocycles. The molecule has 0 aliphatic carbocycles. The third-order valence-electron chi connectivity index (χ3n) is 3.10. The molecule has 0 amide bonds. The molecule has 0 atom stereocenters. The van der Waals surface area contributed by atoms with E-state index in [1.54, 1.807) is 0 Å². The Bertz CT molecular complexity index is 554. The van der Waals surface area contributed by atoms with Gasteiger partial charge in [-0.3, -0.25) is 0 Å². The Morgan fingerprint density at radius 1 is 1.16 bits per heavy atom. The average Bonchev–Trinajstić information content (AvgIpc) is 2.50. The molecule has 0 spiro atoms. The molecule has 1 heterocycles. The molecule has 3 nitrogen and oxygen atoms in total. The largest absolute Gasteiger partial charge is 0.366 e. The topological polar surface area (TPSA) is 37.4 Å². The van der Waals surface area contributed by atoms with Crippen LogP contribution in [0.25, 0.3) is 0 Å². The third-order valence-corrected chi connectivity index (χ3v) is 5.47. The van der Waals surface area contributed by atoms with E-state index < -0.39 is 21.5 Å². The summed E-state index contributed by atoms with van der Waals surface area (Å²) in [6, 6.07) is 2.54. The minimum Gasteiger partial charge on any atom is -0.366 e. The first-order valence-corrected chi connectivity index (χ1v) is 8.86. The van der Waals surface area contributed by atoms with Crippen molar-refractivity contribution in [3.63, 3.8) is 0 Å². The molecule has 1 aliphatic heterocycles. The third kappa shape index (κ3) is 3.45. The fourth-order valence-electron chi connectivity index (χ4n) is 2.16. The lowest BCUT2D eigenvalue weighted by molar-refractivity contribution is 0.570. The fraction of sp³-hybridized carbons (Fsp3) is 0.500. The van der Waals surface area contributed by atoms with Gasteiger partial charge in [0.1, 0.15) is 17.3 Å². The minimum absolute atomic E-state index is 0.0634. The van der Waals surface area contributed by atoms with Crippen molar-refractivity contribution in [3.8, 4) is 0 Å². The van der Waals surface area contributed by atoms with E-state index in [1.807, 2.05) is 0 Å². The molecule has 2 rings (SSSR count). The summed E-state index contributed by atoms with van der Waals surface area (Å²) in [5, 5.41) is 0.371. The van der Waals surface area contributed by atoms with Crippen LogP contribution in [0.15, 0.2) is 12.1 Å². The number of sulfone groups is 1. The summed E-state index contributed by atoms with van der Waals surface area (Å²) >= 11 is 3.15. The number of rotatable bonds is 2. The molecule has 0 bridgehead atoms. The number of benzene rings is 1. The van der Waals surface area contributed by atoms with Crippen LogP contribution in [0.1, 0.15) is 12.0 Å². The Hall–Kier alpha value is -0.690. The van der Waals surface area contributed by atoms with Gasteiger partial charge in [-0.25, -0.2) is 17.2 Å². The van der Waals surface area contributed by atoms with Crippen LogP contribution in [0, 0.1) is 11.6 Å². The van der Waals surface area contributed by atoms with E-state index in [0.29, 0.717) is 23.9 Å². The van der Waals surface area contributed by atoms with Gasteiger partial charge < -0.3 is 4.90 Å². The molecule has 106 valence electrons. The molecule has 1 aromatic rings. The summed E-state index contributed by atoms with van der Waals surface area (Å²) in [6.45, 7) is 0.477. The van der Waals surface area contributed by atoms with E-state index in [4.69, 9.17) is 0 Å². The quantitative estimate of drug-likeness (QED) is 0.766. The van der Waals surface area contributed by atoms with Crippen molar-refractivity contribution in [2.24, 2.45) is 0 Å². The maximum atomic E-state index is 14.0. The second-order valence-electron chi connectivity index (χ2n) is 4.53. The van der Waals surface area contributed by atoms with Gasteiger partial charge in [0.2, 0.25) is 0 Å². The smallest absolute Gasteiger partial charge is 0.152 e. The van der Waals surface area contributed by atoms with Crippen LogP contribution in [0.3, 0.4) is 0 Å². The Kier molecular flexibility index (Phi) is 4.45. The Balaban J connectivity index is 2.31. The van der Waals surface area contributed by atoms with E-state index in [0.717, 1.165) is 0 Å². The maximum absolute atomic E-state index is 14.0. The number of anilines is 1. The first-order valence-electron chi connectivity index (χ1n) is 5.92. The van der Waals surface area contributed by atoms with Gasteiger partial charge in [0.05, 0.1) is 11.5 Å². The van der Waals surface area contributed by atoms with Gasteiger partial charge in [-0.1, -0.05) is 15.9 Å². The highest BCUT2D eigenvalue weighted by molar-refractivity contribution is 9.08. The van der Waals surface area contributed by atoms with Crippen LogP contribution < -0.4 is 4.90 Å². The molecule has 19 heavy (non-hydrogen) atoms. The van der Waals surface area contributed by atoms with Crippen molar-refractivity contribution >= 4 is 31.5 Å². The summed E-state index contributed by atoms with van der Waals surface area (Å²) in [4.78, 5) is 1.48. The summed E-state index contributed by atoms with van der Waals surface area (Å²) < 4.78 is 50.9. The summed E-state index contributed by atoms with van der Waals surface area (Å²) in [6.07, 6.45) is 0.390. The Labute approximate surface area is 119 Å². The molecule has 1 aromatic carbocycles. The van der Waals surface area contributed by atoms with Gasteiger partial charge in [-0.15, -0.1) is 0 Å². The van der Waals surface area contributed by atoms with Crippen molar-refractivity contribution in [1.82, 2.24) is 0 Å². The van der Waals surface area contributed by atoms with Crippen molar-refractivity contribution < 1.29 is 17.2 Å². The zero-order valence-corrected chi connectivity index (χ0v) is 12.6. The van der Waals surface area contributed by atoms with E-state index in [1.165, 1.54) is 17.0 Å². The molecule has 0 aromatic heterocycles. The normalized spacial score (nSPS) is 19.2. The monoisotopic (exact) mass is 353 g/mol. The van der Waals surface area contributed by atoms with E-state index in [-0.39, 0.29) is 23.7 Å². The lowest BCUT2D eigenvalue weighted by Crippen LogP contribution is -2.28. The molecule has 0 unspecified atom stereocenters. The zero-order valence-electron chi connectivity index (χ0n) is 10.2. The van der Waals surface area contributed by atoms with Gasteiger partial charge >= 0.3 is 0 Å². The molecule has 1 aliphatic rings. The van der Waals surface area contributed by atoms with E-state index in [2.05, 4.69) is 15.9 Å². The SMILES string of the molecule is O=S1(=O)CCCN(c2c(F)cc(CBr)cc2F)CC1. The average molecular weight is 354 g/mol. The molecule has 0 radical (unpaired) electrons. The Morgan fingerprint density at radius 3 is 2.37 bits per heavy atom. The highest BCUT2D eigenvalue weighted by Crippen LogP contribution is 2.27. The van der Waals surface area contributed by atoms with E-state index in [9.17, 15) is 17.2 Å². The second-order valence-corrected chi connectivity index (χ2v) is 7.40. The van der Waals surface area contributed by atoms with Gasteiger partial charge in [0.25, 0.3) is 0 Å². The van der Waals surface area contributed by atoms with E-state index >= 15 is 0 Å². The van der Waals surface area contributed by atoms with Crippen LogP contribution in [0.5, 0.6) is 0 Å². The molecule has 0 N–H and O–H groups in total. The van der Waals surface area contributed by atoms with Crippen LogP contribution in [-0.4, -0.2) is 33.0 Å². The number of hydrogen-bond acceptors (Lipinski definition) is 3. The summed E-state index contributed by atoms with van der Waals surface area (Å²) in [5.41, 5.74) is 0.392. The number of alkyl halides is 1. The van der Waals surface area contributed by atoms with Gasteiger partial charge in [0.15, 0.2) is 9.84 Å². The highest BCUT2D eigenvalue weighted by atomic mass is 79.9. The first kappa shape index (κ1) is 14.7. The highest BCUT2D eigenvalue weighted by Gasteiger charge is 2.23. The van der Waals surface area contributed by atoms with Crippen LogP contribution in [-0.2, 0) is 15.2 Å². The van der Waals surface area contributed by atoms with Gasteiger partial charge in [-0.2, -0.15) is 0 Å². The first-order chi connectivity index (χ1) is 8.93. The molecule has 1 fully saturated rings. The van der Waals surface area contributed by atoms with Crippen molar-refractivity contribution in [2.45, 2.75) is 11.8 Å². The number of halogens is 3. The van der Waals surface area contributed by atoms with Crippen molar-refractivity contribution in [1.29, 1.82) is 0 Å². The summed E-state index contributed by atoms with van der Waals surface area (Å²) in [5.74, 6) is -1.28. The number of nitrogens with zero attached hydrogens (tertiary/aromatic N) is 1. The lowest BCUT2D eigenvalue weighted by atomic mass is 10.2. The molecule has 7 heteroatoms. The maximum Gasteiger partial charge on any atom is 0.152 e. The minimum atomic E-state index is -3.09. The fourth-order valence-corrected chi connectivity index (χ4v) is 3.75. The molecular formula is C12H14BrF2NO2S. The predicted octanol–water partition coefficient (Wildman–Crippen LogP) is 2.48. The number of hydrogen-bond donors (Lipinski definition) is 0. The standard InChI is InChI=1S/C12H14BrF2NO2S/c13-8-9-6-10(14)12(11(15)7-9)16-2-1-4-19(17,18)5-3-16/h6-7H,1-5,8H2. The summed E-state index contributed by atoms with van der Waals surface area (Å²) in [7, 11) is -3.09. The van der Waals surface area contributed by atoms with Gasteiger partial charge in [-0.05, 0) is 24.1 Å². The molecular weight excluding hydrogens is 340 g/mol. The van der Waals surface area contributed by atoms with Crippen LogP contribution in [0.2, 0.25) is 0 Å². The zero-order chi connectivity index (χ0) is 14.0.